The zero-order chi connectivity index (χ0) is 13.0. The van der Waals surface area contributed by atoms with Crippen molar-refractivity contribution >= 4 is 5.69 Å². The van der Waals surface area contributed by atoms with Crippen LogP contribution in [0, 0.1) is 5.82 Å². The Morgan fingerprint density at radius 3 is 2.22 bits per heavy atom. The first-order valence-corrected chi connectivity index (χ1v) is 6.00. The van der Waals surface area contributed by atoms with Crippen LogP contribution in [-0.4, -0.2) is 5.11 Å². The van der Waals surface area contributed by atoms with Crippen molar-refractivity contribution < 1.29 is 9.50 Å². The summed E-state index contributed by atoms with van der Waals surface area (Å²) in [7, 11) is 0. The Morgan fingerprint density at radius 2 is 1.67 bits per heavy atom. The molecule has 0 fully saturated rings. The van der Waals surface area contributed by atoms with Crippen molar-refractivity contribution in [2.24, 2.45) is 0 Å². The van der Waals surface area contributed by atoms with Gasteiger partial charge in [-0.1, -0.05) is 19.1 Å². The molecule has 0 amide bonds. The zero-order valence-corrected chi connectivity index (χ0v) is 10.2. The van der Waals surface area contributed by atoms with Crippen LogP contribution < -0.4 is 5.32 Å². The molecule has 2 N–H and O–H groups in total. The van der Waals surface area contributed by atoms with Gasteiger partial charge in [-0.05, 0) is 48.4 Å². The topological polar surface area (TPSA) is 32.3 Å². The van der Waals surface area contributed by atoms with Crippen molar-refractivity contribution in [3.05, 3.63) is 59.9 Å². The molecular formula is C15H16FNO. The third-order valence-electron chi connectivity index (χ3n) is 2.89. The van der Waals surface area contributed by atoms with E-state index in [2.05, 4.69) is 12.2 Å². The number of phenolic OH excluding ortho intramolecular Hbond substituents is 1. The molecule has 0 radical (unpaired) electrons. The first-order valence-electron chi connectivity index (χ1n) is 6.00. The Bertz CT molecular complexity index is 493. The summed E-state index contributed by atoms with van der Waals surface area (Å²) >= 11 is 0. The number of benzene rings is 2. The lowest BCUT2D eigenvalue weighted by molar-refractivity contribution is 0.475. The quantitative estimate of drug-likeness (QED) is 0.850. The molecule has 0 saturated heterocycles. The predicted octanol–water partition coefficient (Wildman–Crippen LogP) is 4.09. The molecule has 0 heterocycles. The van der Waals surface area contributed by atoms with E-state index in [1.54, 1.807) is 24.3 Å². The van der Waals surface area contributed by atoms with Crippen LogP contribution in [0.3, 0.4) is 0 Å². The molecule has 0 aliphatic rings. The lowest BCUT2D eigenvalue weighted by Gasteiger charge is -2.18. The first kappa shape index (κ1) is 12.4. The average molecular weight is 245 g/mol. The Hall–Kier alpha value is -2.03. The van der Waals surface area contributed by atoms with E-state index in [4.69, 9.17) is 0 Å². The molecule has 0 aliphatic carbocycles. The number of hydrogen-bond donors (Lipinski definition) is 2. The van der Waals surface area contributed by atoms with Crippen LogP contribution in [0.25, 0.3) is 0 Å². The summed E-state index contributed by atoms with van der Waals surface area (Å²) in [5.41, 5.74) is 1.98. The molecule has 0 spiro atoms. The molecule has 3 heteroatoms. The average Bonchev–Trinajstić information content (AvgIpc) is 2.39. The highest BCUT2D eigenvalue weighted by Crippen LogP contribution is 2.24. The summed E-state index contributed by atoms with van der Waals surface area (Å²) in [6.07, 6.45) is 0.905. The maximum atomic E-state index is 12.8. The molecular weight excluding hydrogens is 229 g/mol. The number of nitrogens with one attached hydrogen (secondary N) is 1. The molecule has 2 rings (SSSR count). The van der Waals surface area contributed by atoms with E-state index < -0.39 is 0 Å². The van der Waals surface area contributed by atoms with Gasteiger partial charge in [0.25, 0.3) is 0 Å². The van der Waals surface area contributed by atoms with Crippen molar-refractivity contribution in [3.8, 4) is 5.75 Å². The summed E-state index contributed by atoms with van der Waals surface area (Å²) in [4.78, 5) is 0. The Morgan fingerprint density at radius 1 is 1.06 bits per heavy atom. The third-order valence-corrected chi connectivity index (χ3v) is 2.89. The zero-order valence-electron chi connectivity index (χ0n) is 10.2. The minimum Gasteiger partial charge on any atom is -0.508 e. The van der Waals surface area contributed by atoms with E-state index in [-0.39, 0.29) is 17.6 Å². The van der Waals surface area contributed by atoms with Crippen molar-refractivity contribution in [1.29, 1.82) is 0 Å². The number of rotatable bonds is 4. The van der Waals surface area contributed by atoms with Crippen LogP contribution in [-0.2, 0) is 0 Å². The smallest absolute Gasteiger partial charge is 0.123 e. The van der Waals surface area contributed by atoms with Gasteiger partial charge < -0.3 is 10.4 Å². The Kier molecular flexibility index (Phi) is 3.82. The predicted molar refractivity (Wildman–Crippen MR) is 71.2 cm³/mol. The van der Waals surface area contributed by atoms with Gasteiger partial charge in [0.05, 0.1) is 6.04 Å². The van der Waals surface area contributed by atoms with E-state index in [0.717, 1.165) is 17.7 Å². The molecule has 0 aromatic heterocycles. The summed E-state index contributed by atoms with van der Waals surface area (Å²) < 4.78 is 12.8. The van der Waals surface area contributed by atoms with Gasteiger partial charge in [0.1, 0.15) is 11.6 Å². The SMILES string of the molecule is CCC(Nc1ccc(F)cc1)c1ccc(O)cc1. The minimum atomic E-state index is -0.238. The normalized spacial score (nSPS) is 12.1. The molecule has 2 nitrogen and oxygen atoms in total. The Balaban J connectivity index is 2.14. The summed E-state index contributed by atoms with van der Waals surface area (Å²) in [6, 6.07) is 13.6. The van der Waals surface area contributed by atoms with Gasteiger partial charge in [0.2, 0.25) is 0 Å². The van der Waals surface area contributed by atoms with Crippen molar-refractivity contribution in [2.75, 3.05) is 5.32 Å². The minimum absolute atomic E-state index is 0.149. The van der Waals surface area contributed by atoms with Crippen LogP contribution in [0.5, 0.6) is 5.75 Å². The summed E-state index contributed by atoms with van der Waals surface area (Å²) in [5, 5.41) is 12.6. The van der Waals surface area contributed by atoms with Gasteiger partial charge in [-0.25, -0.2) is 4.39 Å². The highest BCUT2D eigenvalue weighted by atomic mass is 19.1. The van der Waals surface area contributed by atoms with Crippen molar-refractivity contribution in [3.63, 3.8) is 0 Å². The lowest BCUT2D eigenvalue weighted by atomic mass is 10.0. The van der Waals surface area contributed by atoms with Gasteiger partial charge >= 0.3 is 0 Å². The fourth-order valence-corrected chi connectivity index (χ4v) is 1.88. The number of hydrogen-bond acceptors (Lipinski definition) is 2. The van der Waals surface area contributed by atoms with Gasteiger partial charge in [-0.3, -0.25) is 0 Å². The number of anilines is 1. The number of aromatic hydroxyl groups is 1. The van der Waals surface area contributed by atoms with Crippen molar-refractivity contribution in [2.45, 2.75) is 19.4 Å². The van der Waals surface area contributed by atoms with Gasteiger partial charge in [-0.2, -0.15) is 0 Å². The molecule has 18 heavy (non-hydrogen) atoms. The molecule has 0 saturated carbocycles. The monoisotopic (exact) mass is 245 g/mol. The van der Waals surface area contributed by atoms with E-state index in [1.807, 2.05) is 12.1 Å². The maximum Gasteiger partial charge on any atom is 0.123 e. The van der Waals surface area contributed by atoms with E-state index in [0.29, 0.717) is 0 Å². The van der Waals surface area contributed by atoms with Crippen LogP contribution in [0.15, 0.2) is 48.5 Å². The molecule has 0 bridgehead atoms. The van der Waals surface area contributed by atoms with Gasteiger partial charge in [0, 0.05) is 5.69 Å². The Labute approximate surface area is 106 Å². The summed E-state index contributed by atoms with van der Waals surface area (Å²) in [6.45, 7) is 2.08. The van der Waals surface area contributed by atoms with Crippen molar-refractivity contribution in [1.82, 2.24) is 0 Å². The molecule has 0 aliphatic heterocycles. The van der Waals surface area contributed by atoms with Gasteiger partial charge in [0.15, 0.2) is 0 Å². The largest absolute Gasteiger partial charge is 0.508 e. The first-order chi connectivity index (χ1) is 8.69. The second-order valence-electron chi connectivity index (χ2n) is 4.20. The van der Waals surface area contributed by atoms with E-state index >= 15 is 0 Å². The van der Waals surface area contributed by atoms with Crippen LogP contribution in [0.1, 0.15) is 24.9 Å². The van der Waals surface area contributed by atoms with E-state index in [9.17, 15) is 9.50 Å². The van der Waals surface area contributed by atoms with Gasteiger partial charge in [-0.15, -0.1) is 0 Å². The molecule has 2 aromatic carbocycles. The molecule has 1 unspecified atom stereocenters. The second kappa shape index (κ2) is 5.54. The van der Waals surface area contributed by atoms with Crippen LogP contribution >= 0.6 is 0 Å². The highest BCUT2D eigenvalue weighted by molar-refractivity contribution is 5.45. The summed E-state index contributed by atoms with van der Waals surface area (Å²) in [5.74, 6) is 0.0219. The second-order valence-corrected chi connectivity index (χ2v) is 4.20. The molecule has 1 atom stereocenters. The standard InChI is InChI=1S/C15H16FNO/c1-2-15(11-3-9-14(18)10-4-11)17-13-7-5-12(16)6-8-13/h3-10,15,17-18H,2H2,1H3. The fourth-order valence-electron chi connectivity index (χ4n) is 1.88. The molecule has 2 aromatic rings. The third kappa shape index (κ3) is 3.00. The highest BCUT2D eigenvalue weighted by Gasteiger charge is 2.08. The lowest BCUT2D eigenvalue weighted by Crippen LogP contribution is -2.09. The van der Waals surface area contributed by atoms with Crippen LogP contribution in [0.2, 0.25) is 0 Å². The maximum absolute atomic E-state index is 12.8. The number of phenols is 1. The molecule has 94 valence electrons. The van der Waals surface area contributed by atoms with Crippen LogP contribution in [0.4, 0.5) is 10.1 Å². The number of halogens is 1. The fraction of sp³-hybridized carbons (Fsp3) is 0.200. The van der Waals surface area contributed by atoms with E-state index in [1.165, 1.54) is 12.1 Å².